The fraction of sp³-hybridized carbons (Fsp3) is 0.100. The number of rotatable bonds is 1. The number of aryl methyl sites for hydroxylation is 1. The van der Waals surface area contributed by atoms with Crippen LogP contribution in [0.2, 0.25) is 0 Å². The molecular formula is C10H7F2NO. The lowest BCUT2D eigenvalue weighted by molar-refractivity contribution is 0.112. The Morgan fingerprint density at radius 1 is 1.36 bits per heavy atom. The Balaban J connectivity index is 2.96. The fourth-order valence-electron chi connectivity index (χ4n) is 1.56. The summed E-state index contributed by atoms with van der Waals surface area (Å²) in [4.78, 5) is 10.6. The van der Waals surface area contributed by atoms with Crippen molar-refractivity contribution in [2.75, 3.05) is 0 Å². The number of carbonyl (C=O) groups excluding carboxylic acids is 1. The molecule has 72 valence electrons. The van der Waals surface area contributed by atoms with Crippen LogP contribution in [0.3, 0.4) is 0 Å². The van der Waals surface area contributed by atoms with E-state index in [-0.39, 0.29) is 10.9 Å². The van der Waals surface area contributed by atoms with Gasteiger partial charge in [-0.1, -0.05) is 0 Å². The maximum absolute atomic E-state index is 13.3. The van der Waals surface area contributed by atoms with Gasteiger partial charge in [-0.05, 0) is 6.07 Å². The summed E-state index contributed by atoms with van der Waals surface area (Å²) in [7, 11) is 1.63. The Kier molecular flexibility index (Phi) is 1.84. The van der Waals surface area contributed by atoms with E-state index in [2.05, 4.69) is 0 Å². The summed E-state index contributed by atoms with van der Waals surface area (Å²) in [5.74, 6) is -1.35. The first kappa shape index (κ1) is 8.87. The Morgan fingerprint density at radius 3 is 2.71 bits per heavy atom. The molecule has 14 heavy (non-hydrogen) atoms. The predicted molar refractivity (Wildman–Crippen MR) is 48.2 cm³/mol. The molecule has 0 unspecified atom stereocenters. The molecule has 0 spiro atoms. The molecule has 0 saturated heterocycles. The summed E-state index contributed by atoms with van der Waals surface area (Å²) in [6.45, 7) is 0. The summed E-state index contributed by atoms with van der Waals surface area (Å²) < 4.78 is 27.7. The van der Waals surface area contributed by atoms with Crippen molar-refractivity contribution in [1.82, 2.24) is 4.57 Å². The van der Waals surface area contributed by atoms with Gasteiger partial charge in [-0.25, -0.2) is 8.78 Å². The maximum Gasteiger partial charge on any atom is 0.152 e. The van der Waals surface area contributed by atoms with Gasteiger partial charge < -0.3 is 4.57 Å². The van der Waals surface area contributed by atoms with E-state index in [1.165, 1.54) is 16.8 Å². The van der Waals surface area contributed by atoms with Crippen molar-refractivity contribution < 1.29 is 13.6 Å². The van der Waals surface area contributed by atoms with Gasteiger partial charge in [-0.3, -0.25) is 4.79 Å². The lowest BCUT2D eigenvalue weighted by Crippen LogP contribution is -1.87. The zero-order valence-electron chi connectivity index (χ0n) is 7.42. The van der Waals surface area contributed by atoms with E-state index in [1.54, 1.807) is 7.05 Å². The molecule has 1 aromatic heterocycles. The first-order chi connectivity index (χ1) is 6.63. The van der Waals surface area contributed by atoms with Gasteiger partial charge in [0.25, 0.3) is 0 Å². The summed E-state index contributed by atoms with van der Waals surface area (Å²) in [5, 5.41) is 0.170. The van der Waals surface area contributed by atoms with Gasteiger partial charge >= 0.3 is 0 Å². The number of aldehydes is 1. The largest absolute Gasteiger partial charge is 0.350 e. The highest BCUT2D eigenvalue weighted by molar-refractivity contribution is 5.97. The summed E-state index contributed by atoms with van der Waals surface area (Å²) in [6, 6.07) is 1.97. The first-order valence-corrected chi connectivity index (χ1v) is 4.02. The molecule has 0 amide bonds. The van der Waals surface area contributed by atoms with Crippen LogP contribution in [0.5, 0.6) is 0 Å². The molecule has 0 radical (unpaired) electrons. The van der Waals surface area contributed by atoms with Gasteiger partial charge in [-0.2, -0.15) is 0 Å². The van der Waals surface area contributed by atoms with Crippen molar-refractivity contribution in [3.05, 3.63) is 35.5 Å². The quantitative estimate of drug-likeness (QED) is 0.640. The molecule has 0 atom stereocenters. The third-order valence-electron chi connectivity index (χ3n) is 2.16. The third kappa shape index (κ3) is 1.11. The van der Waals surface area contributed by atoms with E-state index in [0.29, 0.717) is 11.8 Å². The minimum atomic E-state index is -0.706. The molecule has 0 aliphatic heterocycles. The van der Waals surface area contributed by atoms with E-state index in [0.717, 1.165) is 6.07 Å². The number of hydrogen-bond acceptors (Lipinski definition) is 1. The highest BCUT2D eigenvalue weighted by atomic mass is 19.1. The van der Waals surface area contributed by atoms with E-state index >= 15 is 0 Å². The van der Waals surface area contributed by atoms with E-state index in [1.807, 2.05) is 0 Å². The Morgan fingerprint density at radius 2 is 2.07 bits per heavy atom. The second-order valence-corrected chi connectivity index (χ2v) is 3.09. The summed E-state index contributed by atoms with van der Waals surface area (Å²) in [6.07, 6.45) is 2.03. The molecule has 4 heteroatoms. The van der Waals surface area contributed by atoms with Crippen LogP contribution in [0.1, 0.15) is 10.4 Å². The smallest absolute Gasteiger partial charge is 0.152 e. The van der Waals surface area contributed by atoms with Gasteiger partial charge in [-0.15, -0.1) is 0 Å². The molecule has 0 aliphatic carbocycles. The number of nitrogens with zero attached hydrogens (tertiary/aromatic N) is 1. The van der Waals surface area contributed by atoms with Crippen LogP contribution in [-0.4, -0.2) is 10.9 Å². The zero-order chi connectivity index (χ0) is 10.3. The van der Waals surface area contributed by atoms with Crippen LogP contribution in [0.4, 0.5) is 8.78 Å². The van der Waals surface area contributed by atoms with Crippen LogP contribution < -0.4 is 0 Å². The Labute approximate surface area is 78.8 Å². The standard InChI is InChI=1S/C10H7F2NO/c1-13-4-6(5-14)10-8(12)2-7(11)3-9(10)13/h2-5H,1H3. The topological polar surface area (TPSA) is 22.0 Å². The molecule has 1 heterocycles. The van der Waals surface area contributed by atoms with Gasteiger partial charge in [0, 0.05) is 30.3 Å². The highest BCUT2D eigenvalue weighted by Gasteiger charge is 2.12. The normalized spacial score (nSPS) is 10.8. The van der Waals surface area contributed by atoms with E-state index in [9.17, 15) is 13.6 Å². The Bertz CT molecular complexity index is 516. The molecule has 0 saturated carbocycles. The van der Waals surface area contributed by atoms with E-state index < -0.39 is 11.6 Å². The maximum atomic E-state index is 13.3. The number of halogens is 2. The number of fused-ring (bicyclic) bond motifs is 1. The molecule has 1 aromatic carbocycles. The van der Waals surface area contributed by atoms with E-state index in [4.69, 9.17) is 0 Å². The summed E-state index contributed by atoms with van der Waals surface area (Å²) in [5.41, 5.74) is 0.615. The monoisotopic (exact) mass is 195 g/mol. The average molecular weight is 195 g/mol. The zero-order valence-corrected chi connectivity index (χ0v) is 7.42. The number of hydrogen-bond donors (Lipinski definition) is 0. The van der Waals surface area contributed by atoms with Gasteiger partial charge in [0.15, 0.2) is 6.29 Å². The Hall–Kier alpha value is -1.71. The number of carbonyl (C=O) groups is 1. The van der Waals surface area contributed by atoms with Gasteiger partial charge in [0.2, 0.25) is 0 Å². The van der Waals surface area contributed by atoms with Gasteiger partial charge in [0.05, 0.1) is 5.52 Å². The van der Waals surface area contributed by atoms with Crippen LogP contribution in [0.25, 0.3) is 10.9 Å². The lowest BCUT2D eigenvalue weighted by Gasteiger charge is -1.97. The van der Waals surface area contributed by atoms with Gasteiger partial charge in [0.1, 0.15) is 11.6 Å². The average Bonchev–Trinajstić information content (AvgIpc) is 2.43. The minimum absolute atomic E-state index is 0.170. The first-order valence-electron chi connectivity index (χ1n) is 4.02. The van der Waals surface area contributed by atoms with Crippen LogP contribution in [-0.2, 0) is 7.05 Å². The molecule has 2 aromatic rings. The van der Waals surface area contributed by atoms with Crippen molar-refractivity contribution in [2.45, 2.75) is 0 Å². The molecular weight excluding hydrogens is 188 g/mol. The molecule has 2 rings (SSSR count). The fourth-order valence-corrected chi connectivity index (χ4v) is 1.56. The highest BCUT2D eigenvalue weighted by Crippen LogP contribution is 2.23. The van der Waals surface area contributed by atoms with Crippen molar-refractivity contribution in [3.63, 3.8) is 0 Å². The van der Waals surface area contributed by atoms with Crippen molar-refractivity contribution in [1.29, 1.82) is 0 Å². The van der Waals surface area contributed by atoms with Crippen molar-refractivity contribution in [3.8, 4) is 0 Å². The molecule has 0 bridgehead atoms. The number of benzene rings is 1. The van der Waals surface area contributed by atoms with Crippen LogP contribution in [0.15, 0.2) is 18.3 Å². The van der Waals surface area contributed by atoms with Crippen LogP contribution in [0, 0.1) is 11.6 Å². The van der Waals surface area contributed by atoms with Crippen molar-refractivity contribution in [2.24, 2.45) is 7.05 Å². The number of aromatic nitrogens is 1. The second kappa shape index (κ2) is 2.90. The molecule has 2 nitrogen and oxygen atoms in total. The summed E-state index contributed by atoms with van der Waals surface area (Å²) >= 11 is 0. The predicted octanol–water partition coefficient (Wildman–Crippen LogP) is 2.27. The lowest BCUT2D eigenvalue weighted by atomic mass is 10.2. The SMILES string of the molecule is Cn1cc(C=O)c2c(F)cc(F)cc21. The van der Waals surface area contributed by atoms with Crippen LogP contribution >= 0.6 is 0 Å². The van der Waals surface area contributed by atoms with Crippen molar-refractivity contribution >= 4 is 17.2 Å². The molecule has 0 N–H and O–H groups in total. The second-order valence-electron chi connectivity index (χ2n) is 3.09. The molecule has 0 aliphatic rings. The molecule has 0 fully saturated rings. The third-order valence-corrected chi connectivity index (χ3v) is 2.16. The minimum Gasteiger partial charge on any atom is -0.350 e.